The third kappa shape index (κ3) is 3.17. The zero-order valence-corrected chi connectivity index (χ0v) is 18.2. The van der Waals surface area contributed by atoms with Gasteiger partial charge < -0.3 is 10.5 Å². The monoisotopic (exact) mass is 428 g/mol. The number of nitrogens with zero attached hydrogens (tertiary/aromatic N) is 3. The maximum atomic E-state index is 9.31. The fraction of sp³-hybridized carbons (Fsp3) is 0.444. The van der Waals surface area contributed by atoms with Crippen LogP contribution in [-0.2, 0) is 16.8 Å². The van der Waals surface area contributed by atoms with Crippen LogP contribution in [-0.4, -0.2) is 24.8 Å². The first-order chi connectivity index (χ1) is 15.0. The number of hydrogen-bond acceptors (Lipinski definition) is 5. The number of amidine groups is 1. The number of aliphatic imine (C=N–C) groups is 2. The summed E-state index contributed by atoms with van der Waals surface area (Å²) < 4.78 is 5.66. The summed E-state index contributed by atoms with van der Waals surface area (Å²) in [6, 6.07) is 16.6. The number of fused-ring (bicyclic) bond motifs is 3. The molecular weight excluding hydrogens is 396 g/mol. The average molecular weight is 429 g/mol. The van der Waals surface area contributed by atoms with E-state index in [1.54, 1.807) is 0 Å². The van der Waals surface area contributed by atoms with Crippen molar-refractivity contribution in [2.45, 2.75) is 64.6 Å². The smallest absolute Gasteiger partial charge is 0.184 e. The molecule has 1 heterocycles. The Hall–Kier alpha value is -2.97. The van der Waals surface area contributed by atoms with E-state index in [1.165, 1.54) is 11.1 Å². The van der Waals surface area contributed by atoms with Crippen molar-refractivity contribution in [1.29, 1.82) is 5.26 Å². The zero-order valence-electron chi connectivity index (χ0n) is 18.2. The Balaban J connectivity index is 0.00000245. The van der Waals surface area contributed by atoms with E-state index in [2.05, 4.69) is 37.3 Å². The Kier molecular flexibility index (Phi) is 5.68. The molecule has 1 saturated carbocycles. The largest absolute Gasteiger partial charge is 0.382 e. The van der Waals surface area contributed by atoms with Crippen LogP contribution in [0, 0.1) is 16.7 Å². The van der Waals surface area contributed by atoms with Gasteiger partial charge in [-0.1, -0.05) is 38.6 Å². The summed E-state index contributed by atoms with van der Waals surface area (Å²) in [5.74, 6) is 0.584. The van der Waals surface area contributed by atoms with Gasteiger partial charge in [-0.2, -0.15) is 5.26 Å². The topological polar surface area (TPSA) is 83.8 Å². The van der Waals surface area contributed by atoms with Gasteiger partial charge in [-0.25, -0.2) is 4.99 Å². The maximum Gasteiger partial charge on any atom is 0.184 e. The van der Waals surface area contributed by atoms with Gasteiger partial charge in [0.15, 0.2) is 5.66 Å². The van der Waals surface area contributed by atoms with Crippen LogP contribution in [0.5, 0.6) is 0 Å². The van der Waals surface area contributed by atoms with Gasteiger partial charge in [0.25, 0.3) is 0 Å². The van der Waals surface area contributed by atoms with Gasteiger partial charge >= 0.3 is 0 Å². The molecule has 32 heavy (non-hydrogen) atoms. The van der Waals surface area contributed by atoms with Gasteiger partial charge in [0.05, 0.1) is 23.4 Å². The number of nitriles is 1. The van der Waals surface area contributed by atoms with Gasteiger partial charge in [-0.05, 0) is 73.4 Å². The lowest BCUT2D eigenvalue weighted by Crippen LogP contribution is -2.43. The van der Waals surface area contributed by atoms with Crippen LogP contribution in [0.2, 0.25) is 0 Å². The fourth-order valence-electron chi connectivity index (χ4n) is 5.82. The molecule has 2 aliphatic carbocycles. The summed E-state index contributed by atoms with van der Waals surface area (Å²) in [7, 11) is 1.81. The van der Waals surface area contributed by atoms with Gasteiger partial charge in [-0.3, -0.25) is 4.99 Å². The molecule has 0 saturated heterocycles. The minimum Gasteiger partial charge on any atom is -0.382 e. The first kappa shape index (κ1) is 22.2. The number of nitrogens with two attached hydrogens (primary N) is 1. The third-order valence-electron chi connectivity index (χ3n) is 7.51. The molecule has 0 bridgehead atoms. The molecular formula is C27H32N4O. The quantitative estimate of drug-likeness (QED) is 0.713. The average Bonchev–Trinajstić information content (AvgIpc) is 3.28. The Morgan fingerprint density at radius 2 is 1.88 bits per heavy atom. The number of rotatable bonds is 3. The molecule has 2 aromatic rings. The zero-order chi connectivity index (χ0) is 21.6. The summed E-state index contributed by atoms with van der Waals surface area (Å²) in [6.07, 6.45) is 6.16. The van der Waals surface area contributed by atoms with Crippen molar-refractivity contribution in [3.63, 3.8) is 0 Å². The van der Waals surface area contributed by atoms with E-state index in [9.17, 15) is 5.26 Å². The predicted molar refractivity (Wildman–Crippen MR) is 130 cm³/mol. The van der Waals surface area contributed by atoms with E-state index in [0.717, 1.165) is 55.4 Å². The Morgan fingerprint density at radius 3 is 2.53 bits per heavy atom. The second-order valence-electron chi connectivity index (χ2n) is 9.04. The van der Waals surface area contributed by atoms with Crippen LogP contribution in [0.1, 0.15) is 63.1 Å². The van der Waals surface area contributed by atoms with Crippen LogP contribution in [0.3, 0.4) is 0 Å². The number of ether oxygens (including phenoxy) is 1. The molecule has 2 spiro atoms. The normalized spacial score (nSPS) is 28.1. The lowest BCUT2D eigenvalue weighted by Gasteiger charge is -2.44. The van der Waals surface area contributed by atoms with Crippen molar-refractivity contribution in [2.24, 2.45) is 21.1 Å². The highest BCUT2D eigenvalue weighted by Crippen LogP contribution is 2.62. The minimum atomic E-state index is -0.640. The second-order valence-corrected chi connectivity index (χ2v) is 9.04. The lowest BCUT2D eigenvalue weighted by molar-refractivity contribution is -0.000389. The first-order valence-electron chi connectivity index (χ1n) is 11.2. The van der Waals surface area contributed by atoms with Crippen LogP contribution in [0.15, 0.2) is 52.4 Å². The van der Waals surface area contributed by atoms with Crippen LogP contribution in [0.25, 0.3) is 11.1 Å². The molecule has 0 amide bonds. The summed E-state index contributed by atoms with van der Waals surface area (Å²) in [5.41, 5.74) is 11.9. The number of methoxy groups -OCH3 is 1. The van der Waals surface area contributed by atoms with Crippen molar-refractivity contribution < 1.29 is 4.74 Å². The van der Waals surface area contributed by atoms with Gasteiger partial charge in [0, 0.05) is 18.1 Å². The Bertz CT molecular complexity index is 1130. The van der Waals surface area contributed by atoms with Crippen LogP contribution < -0.4 is 5.73 Å². The van der Waals surface area contributed by atoms with E-state index >= 15 is 0 Å². The molecule has 1 atom stereocenters. The molecule has 0 radical (unpaired) electrons. The highest BCUT2D eigenvalue weighted by molar-refractivity contribution is 6.42. The molecule has 0 aromatic heterocycles. The highest BCUT2D eigenvalue weighted by Gasteiger charge is 2.60. The maximum absolute atomic E-state index is 9.31. The summed E-state index contributed by atoms with van der Waals surface area (Å²) >= 11 is 0. The lowest BCUT2D eigenvalue weighted by atomic mass is 9.65. The van der Waals surface area contributed by atoms with Gasteiger partial charge in [0.2, 0.25) is 0 Å². The first-order valence-corrected chi connectivity index (χ1v) is 11.2. The summed E-state index contributed by atoms with van der Waals surface area (Å²) in [6.45, 7) is 2.09. The standard InChI is InChI=1S/C26H28N4O.CH4/c1-3-23-24(28)30-26(29-23)22-14-19(18-6-4-5-17(13-18)16-27)7-8-20(22)15-25(26)11-9-21(31-2)10-12-25;/h4-8,13-14,21H,3,9-12,15H2,1-2H3,(H2,28,30);1H4. The Morgan fingerprint density at radius 1 is 1.12 bits per heavy atom. The SMILES string of the molecule is C.CCC1=NC2(N=C1N)c1cc(-c3cccc(C#N)c3)ccc1CC21CCC(OC)CC1. The van der Waals surface area contributed by atoms with E-state index in [1.807, 2.05) is 25.3 Å². The van der Waals surface area contributed by atoms with E-state index in [-0.39, 0.29) is 12.8 Å². The van der Waals surface area contributed by atoms with Crippen molar-refractivity contribution in [2.75, 3.05) is 7.11 Å². The molecule has 1 aliphatic heterocycles. The van der Waals surface area contributed by atoms with Crippen LogP contribution >= 0.6 is 0 Å². The molecule has 5 rings (SSSR count). The number of hydrogen-bond donors (Lipinski definition) is 1. The minimum absolute atomic E-state index is 0. The Labute approximate surface area is 191 Å². The summed E-state index contributed by atoms with van der Waals surface area (Å²) in [5, 5.41) is 9.31. The van der Waals surface area contributed by atoms with Gasteiger partial charge in [-0.15, -0.1) is 0 Å². The highest BCUT2D eigenvalue weighted by atomic mass is 16.5. The molecule has 1 unspecified atom stereocenters. The van der Waals surface area contributed by atoms with Crippen molar-refractivity contribution >= 4 is 11.5 Å². The van der Waals surface area contributed by atoms with Crippen molar-refractivity contribution in [1.82, 2.24) is 0 Å². The van der Waals surface area contributed by atoms with Crippen LogP contribution in [0.4, 0.5) is 0 Å². The van der Waals surface area contributed by atoms with Crippen molar-refractivity contribution in [3.8, 4) is 17.2 Å². The molecule has 1 fully saturated rings. The summed E-state index contributed by atoms with van der Waals surface area (Å²) in [4.78, 5) is 10.4. The van der Waals surface area contributed by atoms with Gasteiger partial charge in [0.1, 0.15) is 5.84 Å². The fourth-order valence-corrected chi connectivity index (χ4v) is 5.82. The van der Waals surface area contributed by atoms with E-state index in [4.69, 9.17) is 20.5 Å². The predicted octanol–water partition coefficient (Wildman–Crippen LogP) is 5.37. The molecule has 5 heteroatoms. The molecule has 3 aliphatic rings. The third-order valence-corrected chi connectivity index (χ3v) is 7.51. The molecule has 2 N–H and O–H groups in total. The molecule has 2 aromatic carbocycles. The second kappa shape index (κ2) is 8.18. The van der Waals surface area contributed by atoms with E-state index in [0.29, 0.717) is 17.5 Å². The molecule has 5 nitrogen and oxygen atoms in total. The van der Waals surface area contributed by atoms with E-state index < -0.39 is 5.66 Å². The number of benzene rings is 2. The molecule has 166 valence electrons. The van der Waals surface area contributed by atoms with Crippen molar-refractivity contribution in [3.05, 3.63) is 59.2 Å².